The van der Waals surface area contributed by atoms with Crippen molar-refractivity contribution in [3.05, 3.63) is 45.6 Å². The number of H-pyrrole nitrogens is 1. The molecule has 0 radical (unpaired) electrons. The predicted octanol–water partition coefficient (Wildman–Crippen LogP) is 2.03. The summed E-state index contributed by atoms with van der Waals surface area (Å²) in [6.07, 6.45) is 0. The fourth-order valence-electron chi connectivity index (χ4n) is 1.60. The Labute approximate surface area is 118 Å². The molecule has 1 heterocycles. The molecular formula is C13H10ClNO5. The monoisotopic (exact) mass is 295 g/mol. The largest absolute Gasteiger partial charge is 0.460 e. The van der Waals surface area contributed by atoms with Gasteiger partial charge in [-0.1, -0.05) is 23.7 Å². The van der Waals surface area contributed by atoms with Crippen molar-refractivity contribution >= 4 is 23.4 Å². The van der Waals surface area contributed by atoms with Crippen molar-refractivity contribution in [2.75, 3.05) is 6.61 Å². The molecule has 0 atom stereocenters. The third kappa shape index (κ3) is 2.80. The van der Waals surface area contributed by atoms with Gasteiger partial charge in [-0.05, 0) is 19.1 Å². The summed E-state index contributed by atoms with van der Waals surface area (Å²) in [4.78, 5) is 36.9. The number of rotatable bonds is 4. The minimum Gasteiger partial charge on any atom is -0.460 e. The van der Waals surface area contributed by atoms with Gasteiger partial charge in [0.2, 0.25) is 5.76 Å². The standard InChI is InChI=1S/C13H10ClNO5/c1-2-19-12(17)10(16)11-9(15-13(18)20-11)7-3-5-8(14)6-4-7/h3-6H,2H2,1H3,(H,15,18). The van der Waals surface area contributed by atoms with Gasteiger partial charge in [-0.15, -0.1) is 0 Å². The highest BCUT2D eigenvalue weighted by Crippen LogP contribution is 2.23. The second kappa shape index (κ2) is 5.75. The van der Waals surface area contributed by atoms with Crippen LogP contribution in [-0.2, 0) is 9.53 Å². The molecule has 0 saturated heterocycles. The second-order valence-electron chi connectivity index (χ2n) is 3.78. The second-order valence-corrected chi connectivity index (χ2v) is 4.21. The first kappa shape index (κ1) is 14.1. The minimum atomic E-state index is -1.08. The van der Waals surface area contributed by atoms with Crippen molar-refractivity contribution in [2.24, 2.45) is 0 Å². The van der Waals surface area contributed by atoms with E-state index in [9.17, 15) is 14.4 Å². The lowest BCUT2D eigenvalue weighted by Crippen LogP contribution is -2.17. The smallest absolute Gasteiger partial charge is 0.417 e. The molecule has 0 saturated carbocycles. The van der Waals surface area contributed by atoms with Gasteiger partial charge in [-0.3, -0.25) is 9.78 Å². The van der Waals surface area contributed by atoms with E-state index in [2.05, 4.69) is 9.72 Å². The molecule has 20 heavy (non-hydrogen) atoms. The molecule has 2 aromatic rings. The average molecular weight is 296 g/mol. The van der Waals surface area contributed by atoms with E-state index in [1.165, 1.54) is 0 Å². The topological polar surface area (TPSA) is 89.4 Å². The van der Waals surface area contributed by atoms with E-state index in [-0.39, 0.29) is 18.1 Å². The molecule has 1 N–H and O–H groups in total. The fourth-order valence-corrected chi connectivity index (χ4v) is 1.72. The number of hydrogen-bond acceptors (Lipinski definition) is 5. The van der Waals surface area contributed by atoms with E-state index in [4.69, 9.17) is 16.0 Å². The van der Waals surface area contributed by atoms with Gasteiger partial charge in [-0.2, -0.15) is 0 Å². The Morgan fingerprint density at radius 1 is 1.30 bits per heavy atom. The van der Waals surface area contributed by atoms with Crippen LogP contribution in [0.25, 0.3) is 11.3 Å². The number of ketones is 1. The molecule has 0 unspecified atom stereocenters. The van der Waals surface area contributed by atoms with Gasteiger partial charge in [0.05, 0.1) is 12.3 Å². The molecule has 1 aromatic carbocycles. The Balaban J connectivity index is 2.45. The SMILES string of the molecule is CCOC(=O)C(=O)c1oc(=O)[nH]c1-c1ccc(Cl)cc1. The zero-order valence-corrected chi connectivity index (χ0v) is 11.2. The van der Waals surface area contributed by atoms with Crippen LogP contribution in [0.3, 0.4) is 0 Å². The van der Waals surface area contributed by atoms with Gasteiger partial charge in [0.15, 0.2) is 0 Å². The lowest BCUT2D eigenvalue weighted by molar-refractivity contribution is -0.137. The van der Waals surface area contributed by atoms with Crippen molar-refractivity contribution in [1.82, 2.24) is 4.98 Å². The van der Waals surface area contributed by atoms with Crippen LogP contribution < -0.4 is 5.76 Å². The average Bonchev–Trinajstić information content (AvgIpc) is 2.81. The van der Waals surface area contributed by atoms with E-state index in [0.29, 0.717) is 10.6 Å². The van der Waals surface area contributed by atoms with Crippen molar-refractivity contribution in [2.45, 2.75) is 6.92 Å². The number of carbonyl (C=O) groups excluding carboxylic acids is 2. The number of carbonyl (C=O) groups is 2. The molecule has 104 valence electrons. The van der Waals surface area contributed by atoms with Crippen molar-refractivity contribution in [3.8, 4) is 11.3 Å². The van der Waals surface area contributed by atoms with E-state index in [1.807, 2.05) is 0 Å². The summed E-state index contributed by atoms with van der Waals surface area (Å²) in [7, 11) is 0. The Hall–Kier alpha value is -2.34. The third-order valence-electron chi connectivity index (χ3n) is 2.45. The van der Waals surface area contributed by atoms with Gasteiger partial charge in [0.25, 0.3) is 0 Å². The van der Waals surface area contributed by atoms with Gasteiger partial charge >= 0.3 is 17.5 Å². The molecule has 7 heteroatoms. The summed E-state index contributed by atoms with van der Waals surface area (Å²) in [5, 5.41) is 0.498. The first-order valence-electron chi connectivity index (χ1n) is 5.73. The van der Waals surface area contributed by atoms with Gasteiger partial charge < -0.3 is 9.15 Å². The van der Waals surface area contributed by atoms with Crippen LogP contribution in [0.4, 0.5) is 0 Å². The lowest BCUT2D eigenvalue weighted by atomic mass is 10.1. The summed E-state index contributed by atoms with van der Waals surface area (Å²) in [5.74, 6) is -3.31. The zero-order valence-electron chi connectivity index (χ0n) is 10.4. The first-order valence-corrected chi connectivity index (χ1v) is 6.11. The van der Waals surface area contributed by atoms with Crippen LogP contribution in [0.2, 0.25) is 5.02 Å². The number of nitrogens with one attached hydrogen (secondary N) is 1. The maximum atomic E-state index is 11.9. The highest BCUT2D eigenvalue weighted by molar-refractivity contribution is 6.40. The van der Waals surface area contributed by atoms with Crippen molar-refractivity contribution < 1.29 is 18.7 Å². The summed E-state index contributed by atoms with van der Waals surface area (Å²) in [6.45, 7) is 1.62. The molecule has 0 aliphatic carbocycles. The van der Waals surface area contributed by atoms with E-state index < -0.39 is 17.5 Å². The molecule has 0 spiro atoms. The van der Waals surface area contributed by atoms with E-state index in [0.717, 1.165) is 0 Å². The number of aromatic amines is 1. The molecule has 0 aliphatic heterocycles. The lowest BCUT2D eigenvalue weighted by Gasteiger charge is -2.01. The van der Waals surface area contributed by atoms with Crippen LogP contribution in [-0.4, -0.2) is 23.3 Å². The number of halogens is 1. The van der Waals surface area contributed by atoms with Gasteiger partial charge in [0.1, 0.15) is 0 Å². The Morgan fingerprint density at radius 3 is 2.55 bits per heavy atom. The summed E-state index contributed by atoms with van der Waals surface area (Å²) in [5.41, 5.74) is 0.609. The molecule has 0 aliphatic rings. The number of Topliss-reactive ketones (excluding diaryl/α,β-unsaturated/α-hetero) is 1. The highest BCUT2D eigenvalue weighted by atomic mass is 35.5. The zero-order chi connectivity index (χ0) is 14.7. The molecule has 0 fully saturated rings. The molecule has 2 rings (SSSR count). The van der Waals surface area contributed by atoms with E-state index in [1.54, 1.807) is 31.2 Å². The highest BCUT2D eigenvalue weighted by Gasteiger charge is 2.26. The number of benzene rings is 1. The number of aromatic nitrogens is 1. The molecular weight excluding hydrogens is 286 g/mol. The van der Waals surface area contributed by atoms with Crippen molar-refractivity contribution in [3.63, 3.8) is 0 Å². The minimum absolute atomic E-state index is 0.0511. The van der Waals surface area contributed by atoms with Crippen LogP contribution in [0.5, 0.6) is 0 Å². The number of oxazole rings is 1. The predicted molar refractivity (Wildman–Crippen MR) is 70.7 cm³/mol. The molecule has 1 aromatic heterocycles. The van der Waals surface area contributed by atoms with Gasteiger partial charge in [-0.25, -0.2) is 9.59 Å². The number of hydrogen-bond donors (Lipinski definition) is 1. The maximum absolute atomic E-state index is 11.9. The van der Waals surface area contributed by atoms with Crippen LogP contribution in [0.1, 0.15) is 17.5 Å². The normalized spacial score (nSPS) is 10.3. The number of esters is 1. The van der Waals surface area contributed by atoms with Crippen LogP contribution in [0, 0.1) is 0 Å². The van der Waals surface area contributed by atoms with Crippen LogP contribution >= 0.6 is 11.6 Å². The molecule has 6 nitrogen and oxygen atoms in total. The Morgan fingerprint density at radius 2 is 1.95 bits per heavy atom. The quantitative estimate of drug-likeness (QED) is 0.529. The summed E-state index contributed by atoms with van der Waals surface area (Å²) < 4.78 is 9.33. The molecule has 0 bridgehead atoms. The van der Waals surface area contributed by atoms with Crippen molar-refractivity contribution in [1.29, 1.82) is 0 Å². The van der Waals surface area contributed by atoms with Gasteiger partial charge in [0, 0.05) is 10.6 Å². The Kier molecular flexibility index (Phi) is 4.05. The third-order valence-corrected chi connectivity index (χ3v) is 2.70. The Bertz CT molecular complexity index is 698. The van der Waals surface area contributed by atoms with E-state index >= 15 is 0 Å². The molecule has 0 amide bonds. The first-order chi connectivity index (χ1) is 9.52. The fraction of sp³-hybridized carbons (Fsp3) is 0.154. The maximum Gasteiger partial charge on any atom is 0.417 e. The summed E-state index contributed by atoms with van der Waals surface area (Å²) in [6, 6.07) is 6.35. The number of ether oxygens (including phenoxy) is 1. The summed E-state index contributed by atoms with van der Waals surface area (Å²) >= 11 is 5.76. The van der Waals surface area contributed by atoms with Crippen LogP contribution in [0.15, 0.2) is 33.5 Å².